The molecule has 0 aliphatic heterocycles. The number of aliphatic imine (C=N–C) groups is 3. The molecular formula is C8H8N6O5. The van der Waals surface area contributed by atoms with Gasteiger partial charge in [0.1, 0.15) is 20.0 Å². The topological polar surface area (TPSA) is 150 Å². The lowest BCUT2D eigenvalue weighted by Gasteiger charge is -2.17. The quantitative estimate of drug-likeness (QED) is 0.448. The third-order valence-electron chi connectivity index (χ3n) is 1.51. The van der Waals surface area contributed by atoms with Gasteiger partial charge in [0.2, 0.25) is 18.2 Å². The highest BCUT2D eigenvalue weighted by molar-refractivity contribution is 5.93. The molecule has 0 heterocycles. The fourth-order valence-corrected chi connectivity index (χ4v) is 0.790. The number of amides is 4. The molecule has 0 aliphatic rings. The minimum Gasteiger partial charge on any atom is -0.317 e. The van der Waals surface area contributed by atoms with Gasteiger partial charge < -0.3 is 10.6 Å². The maximum atomic E-state index is 11.5. The number of nitrogens with one attached hydrogen (secondary N) is 2. The molecule has 19 heavy (non-hydrogen) atoms. The van der Waals surface area contributed by atoms with E-state index in [1.165, 1.54) is 12.2 Å². The zero-order valence-corrected chi connectivity index (χ0v) is 9.45. The van der Waals surface area contributed by atoms with Gasteiger partial charge in [-0.05, 0) is 0 Å². The van der Waals surface area contributed by atoms with E-state index < -0.39 is 32.1 Å². The lowest BCUT2D eigenvalue weighted by molar-refractivity contribution is 0.187. The summed E-state index contributed by atoms with van der Waals surface area (Å²) in [5, 5.41) is 4.13. The van der Waals surface area contributed by atoms with Crippen LogP contribution in [0.3, 0.4) is 0 Å². The first kappa shape index (κ1) is 15.9. The van der Waals surface area contributed by atoms with Crippen LogP contribution in [0.15, 0.2) is 15.0 Å². The molecule has 0 fully saturated rings. The first-order chi connectivity index (χ1) is 9.17. The Labute approximate surface area is 106 Å². The molecule has 0 saturated carbocycles. The number of rotatable bonds is 6. The van der Waals surface area contributed by atoms with Crippen LogP contribution in [0.1, 0.15) is 0 Å². The highest BCUT2D eigenvalue weighted by Gasteiger charge is 2.20. The molecule has 0 saturated heterocycles. The minimum atomic E-state index is -0.967. The summed E-state index contributed by atoms with van der Waals surface area (Å²) in [4.78, 5) is 62.0. The molecule has 4 amide bonds. The van der Waals surface area contributed by atoms with Crippen LogP contribution < -0.4 is 10.6 Å². The van der Waals surface area contributed by atoms with Crippen molar-refractivity contribution in [3.8, 4) is 0 Å². The Morgan fingerprint density at radius 2 is 1.26 bits per heavy atom. The Morgan fingerprint density at radius 1 is 0.842 bits per heavy atom. The molecule has 0 bridgehead atoms. The monoisotopic (exact) mass is 268 g/mol. The van der Waals surface area contributed by atoms with Gasteiger partial charge in [-0.2, -0.15) is 15.0 Å². The molecule has 0 aromatic carbocycles. The number of hydrogen-bond acceptors (Lipinski definition) is 8. The molecule has 0 atom stereocenters. The second kappa shape index (κ2) is 10.1. The highest BCUT2D eigenvalue weighted by atomic mass is 16.2. The van der Waals surface area contributed by atoms with E-state index in [2.05, 4.69) is 25.6 Å². The predicted molar refractivity (Wildman–Crippen MR) is 57.9 cm³/mol. The van der Waals surface area contributed by atoms with Gasteiger partial charge in [-0.25, -0.2) is 28.9 Å². The van der Waals surface area contributed by atoms with Gasteiger partial charge in [-0.1, -0.05) is 0 Å². The maximum Gasteiger partial charge on any atom is 0.328 e. The van der Waals surface area contributed by atoms with Gasteiger partial charge in [0, 0.05) is 0 Å². The Bertz CT molecular complexity index is 438. The molecule has 0 aromatic heterocycles. The van der Waals surface area contributed by atoms with Crippen molar-refractivity contribution >= 4 is 30.3 Å². The van der Waals surface area contributed by atoms with E-state index in [1.807, 2.05) is 0 Å². The van der Waals surface area contributed by atoms with Crippen LogP contribution in [-0.4, -0.2) is 55.2 Å². The first-order valence-electron chi connectivity index (χ1n) is 4.61. The summed E-state index contributed by atoms with van der Waals surface area (Å²) in [5.41, 5.74) is 0. The van der Waals surface area contributed by atoms with Gasteiger partial charge >= 0.3 is 12.1 Å². The SMILES string of the molecule is O=C=NCNC(=O)N(CN=C=O)C(=O)NCN=C=O. The largest absolute Gasteiger partial charge is 0.328 e. The highest BCUT2D eigenvalue weighted by Crippen LogP contribution is 1.92. The summed E-state index contributed by atoms with van der Waals surface area (Å²) in [5.74, 6) is 0. The fraction of sp³-hybridized carbons (Fsp3) is 0.375. The molecule has 11 heteroatoms. The molecule has 0 unspecified atom stereocenters. The molecule has 2 N–H and O–H groups in total. The summed E-state index contributed by atoms with van der Waals surface area (Å²) in [6.07, 6.45) is 3.49. The zero-order chi connectivity index (χ0) is 14.5. The maximum absolute atomic E-state index is 11.5. The standard InChI is InChI=1S/C8H8N6O5/c15-4-9-1-12-7(18)14(3-11-6-17)8(19)13-2-10-5-16/h1-3H2,(H,12,18)(H,13,19). The van der Waals surface area contributed by atoms with Gasteiger partial charge in [0.15, 0.2) is 0 Å². The Balaban J connectivity index is 4.62. The van der Waals surface area contributed by atoms with Crippen molar-refractivity contribution in [2.24, 2.45) is 15.0 Å². The number of urea groups is 2. The van der Waals surface area contributed by atoms with Crippen LogP contribution in [-0.2, 0) is 14.4 Å². The van der Waals surface area contributed by atoms with Crippen LogP contribution in [0.4, 0.5) is 9.59 Å². The van der Waals surface area contributed by atoms with Gasteiger partial charge in [0.25, 0.3) is 0 Å². The summed E-state index contributed by atoms with van der Waals surface area (Å²) in [6, 6.07) is -1.93. The van der Waals surface area contributed by atoms with Crippen molar-refractivity contribution in [3.63, 3.8) is 0 Å². The van der Waals surface area contributed by atoms with Gasteiger partial charge in [-0.3, -0.25) is 0 Å². The van der Waals surface area contributed by atoms with Crippen LogP contribution in [0.25, 0.3) is 0 Å². The molecule has 100 valence electrons. The van der Waals surface area contributed by atoms with E-state index in [9.17, 15) is 24.0 Å². The van der Waals surface area contributed by atoms with E-state index >= 15 is 0 Å². The third kappa shape index (κ3) is 6.93. The van der Waals surface area contributed by atoms with Crippen LogP contribution in [0.5, 0.6) is 0 Å². The second-order valence-corrected chi connectivity index (χ2v) is 2.60. The molecule has 0 aromatic rings. The fourth-order valence-electron chi connectivity index (χ4n) is 0.790. The smallest absolute Gasteiger partial charge is 0.317 e. The van der Waals surface area contributed by atoms with Crippen LogP contribution in [0.2, 0.25) is 0 Å². The van der Waals surface area contributed by atoms with Crippen molar-refractivity contribution in [2.75, 3.05) is 20.0 Å². The average Bonchev–Trinajstić information content (AvgIpc) is 2.40. The number of carbonyl (C=O) groups excluding carboxylic acids is 5. The third-order valence-corrected chi connectivity index (χ3v) is 1.51. The van der Waals surface area contributed by atoms with Crippen LogP contribution in [0, 0.1) is 0 Å². The molecule has 11 nitrogen and oxygen atoms in total. The molecule has 0 spiro atoms. The normalized spacial score (nSPS) is 8.00. The Morgan fingerprint density at radius 3 is 1.63 bits per heavy atom. The zero-order valence-electron chi connectivity index (χ0n) is 9.45. The minimum absolute atomic E-state index is 0.399. The van der Waals surface area contributed by atoms with E-state index in [0.29, 0.717) is 4.90 Å². The summed E-state index contributed by atoms with van der Waals surface area (Å²) < 4.78 is 0. The molecule has 0 aliphatic carbocycles. The number of nitrogens with zero attached hydrogens (tertiary/aromatic N) is 4. The number of carbonyl (C=O) groups is 2. The number of imide groups is 1. The van der Waals surface area contributed by atoms with Crippen molar-refractivity contribution in [2.45, 2.75) is 0 Å². The van der Waals surface area contributed by atoms with E-state index in [0.717, 1.165) is 6.08 Å². The van der Waals surface area contributed by atoms with Gasteiger partial charge in [-0.15, -0.1) is 0 Å². The molecule has 0 radical (unpaired) electrons. The van der Waals surface area contributed by atoms with Crippen molar-refractivity contribution in [1.82, 2.24) is 15.5 Å². The number of hydrogen-bond donors (Lipinski definition) is 2. The second-order valence-electron chi connectivity index (χ2n) is 2.60. The van der Waals surface area contributed by atoms with Crippen molar-refractivity contribution in [1.29, 1.82) is 0 Å². The first-order valence-corrected chi connectivity index (χ1v) is 4.61. The predicted octanol–water partition coefficient (Wildman–Crippen LogP) is -1.41. The van der Waals surface area contributed by atoms with Crippen LogP contribution >= 0.6 is 0 Å². The van der Waals surface area contributed by atoms with Gasteiger partial charge in [0.05, 0.1) is 0 Å². The Hall–Kier alpha value is -3.12. The summed E-state index contributed by atoms with van der Waals surface area (Å²) in [6.45, 7) is -1.40. The summed E-state index contributed by atoms with van der Waals surface area (Å²) in [7, 11) is 0. The summed E-state index contributed by atoms with van der Waals surface area (Å²) >= 11 is 0. The van der Waals surface area contributed by atoms with E-state index in [4.69, 9.17) is 0 Å². The number of isocyanates is 3. The lowest BCUT2D eigenvalue weighted by Crippen LogP contribution is -2.48. The van der Waals surface area contributed by atoms with E-state index in [-0.39, 0.29) is 0 Å². The van der Waals surface area contributed by atoms with Crippen molar-refractivity contribution < 1.29 is 24.0 Å². The molecule has 0 rings (SSSR count). The average molecular weight is 268 g/mol. The lowest BCUT2D eigenvalue weighted by atomic mass is 10.7. The molecular weight excluding hydrogens is 260 g/mol. The van der Waals surface area contributed by atoms with Crippen molar-refractivity contribution in [3.05, 3.63) is 0 Å². The van der Waals surface area contributed by atoms with E-state index in [1.54, 1.807) is 0 Å². The Kier molecular flexibility index (Phi) is 8.41.